The third-order valence-corrected chi connectivity index (χ3v) is 3.03. The van der Waals surface area contributed by atoms with Crippen LogP contribution < -0.4 is 11.1 Å². The number of benzene rings is 1. The van der Waals surface area contributed by atoms with Crippen LogP contribution >= 0.6 is 0 Å². The monoisotopic (exact) mass is 259 g/mol. The lowest BCUT2D eigenvalue weighted by atomic mass is 10.0. The first-order valence-corrected chi connectivity index (χ1v) is 6.01. The number of nitrogen functional groups attached to an aromatic ring is 1. The minimum Gasteiger partial charge on any atom is -0.367 e. The van der Waals surface area contributed by atoms with Gasteiger partial charge < -0.3 is 15.6 Å². The molecule has 1 heterocycles. The second-order valence-electron chi connectivity index (χ2n) is 4.74. The lowest BCUT2D eigenvalue weighted by Gasteiger charge is -2.12. The number of amides is 1. The Morgan fingerprint density at radius 1 is 1.21 bits per heavy atom. The van der Waals surface area contributed by atoms with Crippen LogP contribution in [0.15, 0.2) is 16.7 Å². The highest BCUT2D eigenvalue weighted by molar-refractivity contribution is 6.08. The van der Waals surface area contributed by atoms with E-state index in [2.05, 4.69) is 10.5 Å². The van der Waals surface area contributed by atoms with Crippen LogP contribution in [0, 0.1) is 27.7 Å². The Kier molecular flexibility index (Phi) is 3.29. The molecule has 1 aromatic carbocycles. The molecule has 0 aliphatic carbocycles. The topological polar surface area (TPSA) is 81.2 Å². The summed E-state index contributed by atoms with van der Waals surface area (Å²) in [5.74, 6) is -0.260. The number of hydrogen-bond donors (Lipinski definition) is 2. The third kappa shape index (κ3) is 2.45. The molecular weight excluding hydrogens is 242 g/mol. The maximum absolute atomic E-state index is 12.2. The van der Waals surface area contributed by atoms with Crippen molar-refractivity contribution in [3.63, 3.8) is 0 Å². The normalized spacial score (nSPS) is 10.5. The largest absolute Gasteiger partial charge is 0.367 e. The lowest BCUT2D eigenvalue weighted by molar-refractivity contribution is 0.102. The van der Waals surface area contributed by atoms with Crippen molar-refractivity contribution < 1.29 is 9.32 Å². The van der Waals surface area contributed by atoms with E-state index in [4.69, 9.17) is 10.3 Å². The Bertz CT molecular complexity index is 602. The predicted molar refractivity (Wildman–Crippen MR) is 74.3 cm³/mol. The minimum atomic E-state index is -0.300. The zero-order chi connectivity index (χ0) is 14.2. The van der Waals surface area contributed by atoms with Crippen LogP contribution in [0.4, 0.5) is 11.6 Å². The first-order valence-electron chi connectivity index (χ1n) is 6.01. The molecule has 0 saturated carbocycles. The van der Waals surface area contributed by atoms with E-state index >= 15 is 0 Å². The van der Waals surface area contributed by atoms with Crippen molar-refractivity contribution in [1.82, 2.24) is 5.16 Å². The number of nitrogens with one attached hydrogen (secondary N) is 1. The first-order chi connectivity index (χ1) is 8.90. The Hall–Kier alpha value is -2.30. The molecule has 100 valence electrons. The second kappa shape index (κ2) is 4.76. The van der Waals surface area contributed by atoms with Gasteiger partial charge in [-0.3, -0.25) is 4.79 Å². The molecule has 0 saturated heterocycles. The third-order valence-electron chi connectivity index (χ3n) is 3.03. The van der Waals surface area contributed by atoms with Gasteiger partial charge in [-0.25, -0.2) is 0 Å². The van der Waals surface area contributed by atoms with Gasteiger partial charge in [-0.1, -0.05) is 22.9 Å². The summed E-state index contributed by atoms with van der Waals surface area (Å²) in [7, 11) is 0. The van der Waals surface area contributed by atoms with E-state index < -0.39 is 0 Å². The highest BCUT2D eigenvalue weighted by atomic mass is 16.5. The van der Waals surface area contributed by atoms with Gasteiger partial charge in [0.25, 0.3) is 5.91 Å². The van der Waals surface area contributed by atoms with Gasteiger partial charge in [-0.2, -0.15) is 0 Å². The van der Waals surface area contributed by atoms with Crippen LogP contribution in [-0.4, -0.2) is 11.1 Å². The van der Waals surface area contributed by atoms with E-state index in [0.717, 1.165) is 22.4 Å². The van der Waals surface area contributed by atoms with Crippen molar-refractivity contribution in [2.75, 3.05) is 11.1 Å². The van der Waals surface area contributed by atoms with E-state index in [9.17, 15) is 4.79 Å². The zero-order valence-electron chi connectivity index (χ0n) is 11.5. The van der Waals surface area contributed by atoms with E-state index in [1.165, 1.54) is 0 Å². The molecule has 2 aromatic rings. The van der Waals surface area contributed by atoms with E-state index in [1.54, 1.807) is 6.92 Å². The molecule has 0 bridgehead atoms. The van der Waals surface area contributed by atoms with Crippen LogP contribution in [0.25, 0.3) is 0 Å². The van der Waals surface area contributed by atoms with Gasteiger partial charge >= 0.3 is 0 Å². The average Bonchev–Trinajstić information content (AvgIpc) is 2.63. The Balaban J connectivity index is 2.35. The zero-order valence-corrected chi connectivity index (χ0v) is 11.5. The van der Waals surface area contributed by atoms with Crippen LogP contribution in [0.2, 0.25) is 0 Å². The number of aryl methyl sites for hydroxylation is 4. The standard InChI is InChI=1S/C14H17N3O2/c1-7-5-8(2)12(9(3)6-7)16-14(18)11-10(4)17-19-13(11)15/h5-6H,15H2,1-4H3,(H,16,18). The summed E-state index contributed by atoms with van der Waals surface area (Å²) in [5, 5.41) is 6.55. The average molecular weight is 259 g/mol. The molecule has 0 fully saturated rings. The molecule has 0 aliphatic rings. The summed E-state index contributed by atoms with van der Waals surface area (Å²) >= 11 is 0. The fraction of sp³-hybridized carbons (Fsp3) is 0.286. The van der Waals surface area contributed by atoms with Crippen molar-refractivity contribution in [1.29, 1.82) is 0 Å². The number of nitrogens with zero attached hydrogens (tertiary/aromatic N) is 1. The molecule has 5 nitrogen and oxygen atoms in total. The Morgan fingerprint density at radius 2 is 1.79 bits per heavy atom. The summed E-state index contributed by atoms with van der Waals surface area (Å²) in [4.78, 5) is 12.2. The number of carbonyl (C=O) groups excluding carboxylic acids is 1. The summed E-state index contributed by atoms with van der Waals surface area (Å²) in [6, 6.07) is 4.04. The summed E-state index contributed by atoms with van der Waals surface area (Å²) in [5.41, 5.74) is 10.4. The van der Waals surface area contributed by atoms with Gasteiger partial charge in [0.15, 0.2) is 0 Å². The first kappa shape index (κ1) is 13.1. The number of hydrogen-bond acceptors (Lipinski definition) is 4. The second-order valence-corrected chi connectivity index (χ2v) is 4.74. The van der Waals surface area contributed by atoms with Crippen molar-refractivity contribution in [2.24, 2.45) is 0 Å². The van der Waals surface area contributed by atoms with Crippen LogP contribution in [0.5, 0.6) is 0 Å². The fourth-order valence-corrected chi connectivity index (χ4v) is 2.22. The van der Waals surface area contributed by atoms with Gasteiger partial charge in [0.2, 0.25) is 5.88 Å². The molecule has 3 N–H and O–H groups in total. The SMILES string of the molecule is Cc1cc(C)c(NC(=O)c2c(C)noc2N)c(C)c1. The molecule has 0 atom stereocenters. The molecule has 0 unspecified atom stereocenters. The Labute approximate surface area is 111 Å². The predicted octanol–water partition coefficient (Wildman–Crippen LogP) is 2.74. The smallest absolute Gasteiger partial charge is 0.263 e. The van der Waals surface area contributed by atoms with Crippen molar-refractivity contribution in [3.05, 3.63) is 40.1 Å². The fourth-order valence-electron chi connectivity index (χ4n) is 2.22. The maximum atomic E-state index is 12.2. The van der Waals surface area contributed by atoms with Gasteiger partial charge in [0, 0.05) is 5.69 Å². The van der Waals surface area contributed by atoms with E-state index in [0.29, 0.717) is 11.3 Å². The van der Waals surface area contributed by atoms with Crippen LogP contribution in [0.3, 0.4) is 0 Å². The van der Waals surface area contributed by atoms with Crippen molar-refractivity contribution >= 4 is 17.5 Å². The highest BCUT2D eigenvalue weighted by Crippen LogP contribution is 2.24. The number of anilines is 2. The molecular formula is C14H17N3O2. The summed E-state index contributed by atoms with van der Waals surface area (Å²) < 4.78 is 4.80. The molecule has 2 rings (SSSR count). The quantitative estimate of drug-likeness (QED) is 0.868. The Morgan fingerprint density at radius 3 is 2.26 bits per heavy atom. The maximum Gasteiger partial charge on any atom is 0.263 e. The number of nitrogens with two attached hydrogens (primary N) is 1. The molecule has 0 spiro atoms. The molecule has 0 aliphatic heterocycles. The number of aromatic nitrogens is 1. The van der Waals surface area contributed by atoms with Crippen molar-refractivity contribution in [3.8, 4) is 0 Å². The molecule has 0 radical (unpaired) electrons. The van der Waals surface area contributed by atoms with Crippen LogP contribution in [-0.2, 0) is 0 Å². The van der Waals surface area contributed by atoms with Crippen LogP contribution in [0.1, 0.15) is 32.7 Å². The minimum absolute atomic E-state index is 0.0393. The number of rotatable bonds is 2. The van der Waals surface area contributed by atoms with Gasteiger partial charge in [-0.15, -0.1) is 0 Å². The van der Waals surface area contributed by atoms with Gasteiger partial charge in [-0.05, 0) is 38.8 Å². The van der Waals surface area contributed by atoms with Gasteiger partial charge in [0.1, 0.15) is 5.56 Å². The lowest BCUT2D eigenvalue weighted by Crippen LogP contribution is -2.15. The van der Waals surface area contributed by atoms with E-state index in [1.807, 2.05) is 32.9 Å². The highest BCUT2D eigenvalue weighted by Gasteiger charge is 2.19. The molecule has 19 heavy (non-hydrogen) atoms. The van der Waals surface area contributed by atoms with Crippen molar-refractivity contribution in [2.45, 2.75) is 27.7 Å². The van der Waals surface area contributed by atoms with Gasteiger partial charge in [0.05, 0.1) is 5.69 Å². The summed E-state index contributed by atoms with van der Waals surface area (Å²) in [6.45, 7) is 7.62. The number of carbonyl (C=O) groups is 1. The molecule has 5 heteroatoms. The van der Waals surface area contributed by atoms with E-state index in [-0.39, 0.29) is 11.8 Å². The summed E-state index contributed by atoms with van der Waals surface area (Å²) in [6.07, 6.45) is 0. The molecule has 1 aromatic heterocycles. The molecule has 1 amide bonds.